The molecule has 0 fully saturated rings. The predicted octanol–water partition coefficient (Wildman–Crippen LogP) is 4.69. The lowest BCUT2D eigenvalue weighted by Crippen LogP contribution is -2.20. The lowest BCUT2D eigenvalue weighted by molar-refractivity contribution is -0.118. The third-order valence-corrected chi connectivity index (χ3v) is 5.27. The summed E-state index contributed by atoms with van der Waals surface area (Å²) in [7, 11) is 0. The summed E-state index contributed by atoms with van der Waals surface area (Å²) in [5, 5.41) is 3.45. The Morgan fingerprint density at radius 2 is 2.09 bits per heavy atom. The first-order chi connectivity index (χ1) is 11.1. The molecule has 118 valence electrons. The predicted molar refractivity (Wildman–Crippen MR) is 97.0 cm³/mol. The molecule has 3 rings (SSSR count). The fourth-order valence-electron chi connectivity index (χ4n) is 1.95. The largest absolute Gasteiger partial charge is 0.484 e. The smallest absolute Gasteiger partial charge is 0.262 e. The Bertz CT molecular complexity index is 834. The fraction of sp³-hybridized carbons (Fsp3) is 0.125. The van der Waals surface area contributed by atoms with Gasteiger partial charge in [0.25, 0.3) is 5.91 Å². The molecule has 0 aliphatic carbocycles. The molecule has 0 atom stereocenters. The monoisotopic (exact) mass is 364 g/mol. The summed E-state index contributed by atoms with van der Waals surface area (Å²) < 4.78 is 7.48. The number of carbonyl (C=O) groups is 1. The molecular formula is C16H13ClN2O2S2. The number of benzene rings is 2. The number of nitrogens with zero attached hydrogens (tertiary/aromatic N) is 1. The number of nitrogens with one attached hydrogen (secondary N) is 1. The van der Waals surface area contributed by atoms with Crippen LogP contribution in [0.25, 0.3) is 10.2 Å². The molecule has 1 aromatic heterocycles. The molecule has 2 aromatic carbocycles. The Morgan fingerprint density at radius 1 is 1.30 bits per heavy atom. The van der Waals surface area contributed by atoms with Crippen LogP contribution < -0.4 is 10.1 Å². The van der Waals surface area contributed by atoms with Crippen molar-refractivity contribution in [2.24, 2.45) is 0 Å². The first kappa shape index (κ1) is 16.1. The number of aromatic nitrogens is 1. The van der Waals surface area contributed by atoms with Crippen LogP contribution in [-0.4, -0.2) is 23.8 Å². The van der Waals surface area contributed by atoms with Gasteiger partial charge >= 0.3 is 0 Å². The van der Waals surface area contributed by atoms with Crippen molar-refractivity contribution in [3.05, 3.63) is 47.5 Å². The van der Waals surface area contributed by atoms with Gasteiger partial charge in [-0.05, 0) is 48.7 Å². The molecule has 4 nitrogen and oxygen atoms in total. The highest BCUT2D eigenvalue weighted by Gasteiger charge is 2.07. The van der Waals surface area contributed by atoms with Gasteiger partial charge in [-0.2, -0.15) is 0 Å². The Balaban J connectivity index is 1.61. The van der Waals surface area contributed by atoms with Crippen LogP contribution in [0.2, 0.25) is 5.02 Å². The van der Waals surface area contributed by atoms with Crippen molar-refractivity contribution < 1.29 is 9.53 Å². The number of halogens is 1. The minimum absolute atomic E-state index is 0.0571. The normalized spacial score (nSPS) is 10.7. The quantitative estimate of drug-likeness (QED) is 0.667. The zero-order chi connectivity index (χ0) is 16.2. The van der Waals surface area contributed by atoms with Gasteiger partial charge in [-0.15, -0.1) is 11.3 Å². The number of carbonyl (C=O) groups excluding carboxylic acids is 1. The summed E-state index contributed by atoms with van der Waals surface area (Å²) in [6.07, 6.45) is 1.99. The van der Waals surface area contributed by atoms with E-state index in [2.05, 4.69) is 10.3 Å². The van der Waals surface area contributed by atoms with Crippen LogP contribution in [0, 0.1) is 0 Å². The van der Waals surface area contributed by atoms with Crippen molar-refractivity contribution in [2.75, 3.05) is 18.2 Å². The van der Waals surface area contributed by atoms with Crippen LogP contribution >= 0.6 is 34.7 Å². The van der Waals surface area contributed by atoms with Crippen molar-refractivity contribution in [3.63, 3.8) is 0 Å². The Morgan fingerprint density at radius 3 is 2.83 bits per heavy atom. The third kappa shape index (κ3) is 4.16. The lowest BCUT2D eigenvalue weighted by atomic mass is 10.3. The second-order valence-electron chi connectivity index (χ2n) is 4.66. The van der Waals surface area contributed by atoms with Crippen LogP contribution in [0.15, 0.2) is 46.8 Å². The van der Waals surface area contributed by atoms with E-state index in [0.29, 0.717) is 10.8 Å². The highest BCUT2D eigenvalue weighted by Crippen LogP contribution is 2.29. The number of hydrogen-bond donors (Lipinski definition) is 1. The molecule has 1 heterocycles. The van der Waals surface area contributed by atoms with E-state index in [1.54, 1.807) is 47.4 Å². The first-order valence-corrected chi connectivity index (χ1v) is 9.19. The van der Waals surface area contributed by atoms with Gasteiger partial charge in [0.2, 0.25) is 0 Å². The van der Waals surface area contributed by atoms with Gasteiger partial charge in [0.15, 0.2) is 10.9 Å². The molecule has 0 aliphatic rings. The van der Waals surface area contributed by atoms with Gasteiger partial charge in [-0.3, -0.25) is 4.79 Å². The van der Waals surface area contributed by atoms with Crippen molar-refractivity contribution >= 4 is 56.5 Å². The zero-order valence-electron chi connectivity index (χ0n) is 12.2. The third-order valence-electron chi connectivity index (χ3n) is 3.01. The van der Waals surface area contributed by atoms with Crippen molar-refractivity contribution in [3.8, 4) is 5.75 Å². The molecule has 0 aliphatic heterocycles. The second kappa shape index (κ2) is 7.21. The number of rotatable bonds is 5. The maximum atomic E-state index is 12.0. The summed E-state index contributed by atoms with van der Waals surface area (Å²) in [5.74, 6) is 0.390. The van der Waals surface area contributed by atoms with Crippen LogP contribution in [0.5, 0.6) is 5.75 Å². The number of amides is 1. The van der Waals surface area contributed by atoms with Gasteiger partial charge in [0.05, 0.1) is 10.2 Å². The maximum Gasteiger partial charge on any atom is 0.262 e. The van der Waals surface area contributed by atoms with Crippen molar-refractivity contribution in [1.82, 2.24) is 4.98 Å². The first-order valence-electron chi connectivity index (χ1n) is 6.77. The number of anilines is 1. The number of thiazole rings is 1. The Kier molecular flexibility index (Phi) is 5.05. The molecule has 7 heteroatoms. The molecule has 0 saturated heterocycles. The van der Waals surface area contributed by atoms with E-state index in [0.717, 1.165) is 20.2 Å². The molecule has 0 saturated carbocycles. The number of thioether (sulfide) groups is 1. The molecule has 0 bridgehead atoms. The highest BCUT2D eigenvalue weighted by atomic mass is 35.5. The lowest BCUT2D eigenvalue weighted by Gasteiger charge is -2.07. The van der Waals surface area contributed by atoms with Crippen molar-refractivity contribution in [2.45, 2.75) is 4.34 Å². The number of fused-ring (bicyclic) bond motifs is 1. The maximum absolute atomic E-state index is 12.0. The summed E-state index contributed by atoms with van der Waals surface area (Å²) >= 11 is 9.02. The molecule has 1 amide bonds. The second-order valence-corrected chi connectivity index (χ2v) is 7.18. The van der Waals surface area contributed by atoms with Gasteiger partial charge in [-0.1, -0.05) is 23.4 Å². The number of hydrogen-bond acceptors (Lipinski definition) is 5. The van der Waals surface area contributed by atoms with Crippen molar-refractivity contribution in [1.29, 1.82) is 0 Å². The fourth-order valence-corrected chi connectivity index (χ4v) is 3.60. The average molecular weight is 365 g/mol. The van der Waals surface area contributed by atoms with Gasteiger partial charge in [0.1, 0.15) is 5.75 Å². The summed E-state index contributed by atoms with van der Waals surface area (Å²) in [5.41, 5.74) is 1.67. The molecular weight excluding hydrogens is 352 g/mol. The van der Waals surface area contributed by atoms with Gasteiger partial charge < -0.3 is 10.1 Å². The van der Waals surface area contributed by atoms with E-state index in [1.165, 1.54) is 0 Å². The molecule has 0 unspecified atom stereocenters. The van der Waals surface area contributed by atoms with Crippen LogP contribution in [0.3, 0.4) is 0 Å². The van der Waals surface area contributed by atoms with Gasteiger partial charge in [-0.25, -0.2) is 4.98 Å². The Hall–Kier alpha value is -1.76. The minimum atomic E-state index is -0.214. The zero-order valence-corrected chi connectivity index (χ0v) is 14.6. The van der Waals surface area contributed by atoms with Crippen LogP contribution in [-0.2, 0) is 4.79 Å². The SMILES string of the molecule is CSc1nc2ccc(NC(=O)COc3ccc(Cl)cc3)cc2s1. The van der Waals surface area contributed by atoms with Crippen LogP contribution in [0.1, 0.15) is 0 Å². The minimum Gasteiger partial charge on any atom is -0.484 e. The molecule has 23 heavy (non-hydrogen) atoms. The summed E-state index contributed by atoms with van der Waals surface area (Å²) in [6, 6.07) is 12.6. The van der Waals surface area contributed by atoms with E-state index in [9.17, 15) is 4.79 Å². The highest BCUT2D eigenvalue weighted by molar-refractivity contribution is 8.00. The molecule has 0 spiro atoms. The van der Waals surface area contributed by atoms with E-state index in [1.807, 2.05) is 24.5 Å². The standard InChI is InChI=1S/C16H13ClN2O2S2/c1-22-16-19-13-7-4-11(8-14(13)23-16)18-15(20)9-21-12-5-2-10(17)3-6-12/h2-8H,9H2,1H3,(H,18,20). The number of ether oxygens (including phenoxy) is 1. The topological polar surface area (TPSA) is 51.2 Å². The van der Waals surface area contributed by atoms with E-state index in [-0.39, 0.29) is 12.5 Å². The van der Waals surface area contributed by atoms with E-state index < -0.39 is 0 Å². The summed E-state index contributed by atoms with van der Waals surface area (Å²) in [4.78, 5) is 16.4. The average Bonchev–Trinajstić information content (AvgIpc) is 2.97. The summed E-state index contributed by atoms with van der Waals surface area (Å²) in [6.45, 7) is -0.0571. The molecule has 3 aromatic rings. The van der Waals surface area contributed by atoms with E-state index >= 15 is 0 Å². The Labute approximate surface area is 146 Å². The molecule has 1 N–H and O–H groups in total. The van der Waals surface area contributed by atoms with E-state index in [4.69, 9.17) is 16.3 Å². The molecule has 0 radical (unpaired) electrons. The van der Waals surface area contributed by atoms with Gasteiger partial charge in [0, 0.05) is 10.7 Å². The van der Waals surface area contributed by atoms with Crippen LogP contribution in [0.4, 0.5) is 5.69 Å².